The Morgan fingerprint density at radius 3 is 2.63 bits per heavy atom. The van der Waals surface area contributed by atoms with Gasteiger partial charge in [-0.1, -0.05) is 29.3 Å². The fourth-order valence-electron chi connectivity index (χ4n) is 1.89. The quantitative estimate of drug-likeness (QED) is 0.878. The molecule has 0 bridgehead atoms. The van der Waals surface area contributed by atoms with Crippen molar-refractivity contribution in [3.05, 3.63) is 58.0 Å². The van der Waals surface area contributed by atoms with Gasteiger partial charge in [-0.3, -0.25) is 5.32 Å². The first-order chi connectivity index (χ1) is 9.11. The van der Waals surface area contributed by atoms with Crippen molar-refractivity contribution in [1.29, 1.82) is 0 Å². The van der Waals surface area contributed by atoms with E-state index in [2.05, 4.69) is 5.32 Å². The summed E-state index contributed by atoms with van der Waals surface area (Å²) in [6.07, 6.45) is 1.59. The smallest absolute Gasteiger partial charge is 0.123 e. The molecule has 0 saturated carbocycles. The Bertz CT molecular complexity index is 528. The molecule has 0 spiro atoms. The number of rotatable bonds is 5. The predicted octanol–water partition coefficient (Wildman–Crippen LogP) is 3.97. The van der Waals surface area contributed by atoms with Crippen LogP contribution in [0.2, 0.25) is 10.0 Å². The number of aliphatic hydroxyl groups excluding tert-OH is 1. The minimum Gasteiger partial charge on any atom is -0.468 e. The van der Waals surface area contributed by atoms with E-state index in [1.165, 1.54) is 0 Å². The molecule has 3 nitrogen and oxygen atoms in total. The summed E-state index contributed by atoms with van der Waals surface area (Å²) in [4.78, 5) is 0. The molecule has 0 saturated heterocycles. The number of furan rings is 1. The Balaban J connectivity index is 2.11. The van der Waals surface area contributed by atoms with E-state index in [0.29, 0.717) is 15.8 Å². The summed E-state index contributed by atoms with van der Waals surface area (Å²) >= 11 is 11.9. The summed E-state index contributed by atoms with van der Waals surface area (Å²) in [6.45, 7) is 1.95. The zero-order valence-corrected chi connectivity index (χ0v) is 11.9. The first-order valence-corrected chi connectivity index (χ1v) is 6.72. The third kappa shape index (κ3) is 3.51. The van der Waals surface area contributed by atoms with Gasteiger partial charge in [0.2, 0.25) is 0 Å². The van der Waals surface area contributed by atoms with Crippen molar-refractivity contribution in [2.45, 2.75) is 19.0 Å². The Hall–Kier alpha value is -1.000. The summed E-state index contributed by atoms with van der Waals surface area (Å²) in [5.41, 5.74) is 0.999. The molecule has 19 heavy (non-hydrogen) atoms. The molecule has 102 valence electrons. The van der Waals surface area contributed by atoms with Crippen molar-refractivity contribution in [2.24, 2.45) is 0 Å². The van der Waals surface area contributed by atoms with E-state index in [1.807, 2.05) is 25.1 Å². The Morgan fingerprint density at radius 2 is 2.05 bits per heavy atom. The van der Waals surface area contributed by atoms with Crippen LogP contribution in [0.4, 0.5) is 0 Å². The molecule has 1 aromatic heterocycles. The Kier molecular flexibility index (Phi) is 4.88. The SMILES string of the molecule is CC(NC(CO)c1ccco1)c1ccc(Cl)c(Cl)c1. The number of nitrogens with one attached hydrogen (secondary N) is 1. The lowest BCUT2D eigenvalue weighted by Gasteiger charge is -2.20. The van der Waals surface area contributed by atoms with Gasteiger partial charge in [-0.25, -0.2) is 0 Å². The topological polar surface area (TPSA) is 45.4 Å². The van der Waals surface area contributed by atoms with Crippen molar-refractivity contribution in [2.75, 3.05) is 6.61 Å². The molecule has 2 rings (SSSR count). The number of benzene rings is 1. The Labute approximate surface area is 122 Å². The molecule has 0 fully saturated rings. The third-order valence-electron chi connectivity index (χ3n) is 2.96. The molecule has 0 aliphatic heterocycles. The zero-order valence-electron chi connectivity index (χ0n) is 10.4. The van der Waals surface area contributed by atoms with Crippen LogP contribution in [0.25, 0.3) is 0 Å². The lowest BCUT2D eigenvalue weighted by atomic mass is 10.1. The highest BCUT2D eigenvalue weighted by Crippen LogP contribution is 2.27. The molecule has 2 N–H and O–H groups in total. The molecule has 0 aliphatic rings. The van der Waals surface area contributed by atoms with Gasteiger partial charge in [0.1, 0.15) is 5.76 Å². The fraction of sp³-hybridized carbons (Fsp3) is 0.286. The molecule has 2 unspecified atom stereocenters. The van der Waals surface area contributed by atoms with Crippen molar-refractivity contribution < 1.29 is 9.52 Å². The molecule has 5 heteroatoms. The van der Waals surface area contributed by atoms with E-state index in [0.717, 1.165) is 5.56 Å². The lowest BCUT2D eigenvalue weighted by molar-refractivity contribution is 0.217. The lowest BCUT2D eigenvalue weighted by Crippen LogP contribution is -2.27. The van der Waals surface area contributed by atoms with Crippen LogP contribution in [0.1, 0.15) is 30.3 Å². The molecule has 2 aromatic rings. The van der Waals surface area contributed by atoms with Crippen LogP contribution >= 0.6 is 23.2 Å². The second kappa shape index (κ2) is 6.44. The third-order valence-corrected chi connectivity index (χ3v) is 3.70. The van der Waals surface area contributed by atoms with Crippen molar-refractivity contribution in [3.63, 3.8) is 0 Å². The first-order valence-electron chi connectivity index (χ1n) is 5.97. The van der Waals surface area contributed by atoms with Crippen LogP contribution < -0.4 is 5.32 Å². The summed E-state index contributed by atoms with van der Waals surface area (Å²) in [5, 5.41) is 13.8. The Morgan fingerprint density at radius 1 is 1.26 bits per heavy atom. The number of hydrogen-bond acceptors (Lipinski definition) is 3. The maximum absolute atomic E-state index is 9.42. The minimum atomic E-state index is -0.251. The van der Waals surface area contributed by atoms with E-state index < -0.39 is 0 Å². The summed E-state index contributed by atoms with van der Waals surface area (Å²) < 4.78 is 5.30. The maximum Gasteiger partial charge on any atom is 0.123 e. The number of halogens is 2. The molecule has 1 heterocycles. The van der Waals surface area contributed by atoms with E-state index in [-0.39, 0.29) is 18.7 Å². The van der Waals surface area contributed by atoms with Gasteiger partial charge in [0.15, 0.2) is 0 Å². The van der Waals surface area contributed by atoms with E-state index in [1.54, 1.807) is 18.4 Å². The monoisotopic (exact) mass is 299 g/mol. The van der Waals surface area contributed by atoms with Gasteiger partial charge in [-0.2, -0.15) is 0 Å². The maximum atomic E-state index is 9.42. The van der Waals surface area contributed by atoms with Gasteiger partial charge >= 0.3 is 0 Å². The van der Waals surface area contributed by atoms with Crippen molar-refractivity contribution in [1.82, 2.24) is 5.32 Å². The fourth-order valence-corrected chi connectivity index (χ4v) is 2.20. The highest BCUT2D eigenvalue weighted by atomic mass is 35.5. The summed E-state index contributed by atoms with van der Waals surface area (Å²) in [5.74, 6) is 0.703. The van der Waals surface area contributed by atoms with E-state index >= 15 is 0 Å². The van der Waals surface area contributed by atoms with Gasteiger partial charge in [0.25, 0.3) is 0 Å². The minimum absolute atomic E-state index is 0.0111. The molecule has 0 aliphatic carbocycles. The van der Waals surface area contributed by atoms with Crippen LogP contribution in [0.5, 0.6) is 0 Å². The molecule has 1 aromatic carbocycles. The van der Waals surface area contributed by atoms with Crippen LogP contribution in [-0.2, 0) is 0 Å². The molecule has 0 amide bonds. The van der Waals surface area contributed by atoms with Crippen LogP contribution in [0.15, 0.2) is 41.0 Å². The molecule has 2 atom stereocenters. The highest BCUT2D eigenvalue weighted by Gasteiger charge is 2.17. The second-order valence-corrected chi connectivity index (χ2v) is 5.13. The number of hydrogen-bond donors (Lipinski definition) is 2. The van der Waals surface area contributed by atoms with Crippen LogP contribution in [0, 0.1) is 0 Å². The predicted molar refractivity (Wildman–Crippen MR) is 76.5 cm³/mol. The van der Waals surface area contributed by atoms with Crippen LogP contribution in [0.3, 0.4) is 0 Å². The van der Waals surface area contributed by atoms with Gasteiger partial charge in [0.05, 0.1) is 29.0 Å². The van der Waals surface area contributed by atoms with E-state index in [4.69, 9.17) is 27.6 Å². The van der Waals surface area contributed by atoms with Gasteiger partial charge in [0, 0.05) is 6.04 Å². The van der Waals surface area contributed by atoms with Crippen molar-refractivity contribution >= 4 is 23.2 Å². The van der Waals surface area contributed by atoms with E-state index in [9.17, 15) is 5.11 Å². The second-order valence-electron chi connectivity index (χ2n) is 4.31. The molecular formula is C14H15Cl2NO2. The molecule has 0 radical (unpaired) electrons. The average molecular weight is 300 g/mol. The standard InChI is InChI=1S/C14H15Cl2NO2/c1-9(10-4-5-11(15)12(16)7-10)17-13(8-18)14-3-2-6-19-14/h2-7,9,13,17-18H,8H2,1H3. The first kappa shape index (κ1) is 14.4. The summed E-state index contributed by atoms with van der Waals surface area (Å²) in [6, 6.07) is 8.87. The zero-order chi connectivity index (χ0) is 13.8. The summed E-state index contributed by atoms with van der Waals surface area (Å²) in [7, 11) is 0. The average Bonchev–Trinajstić information content (AvgIpc) is 2.92. The van der Waals surface area contributed by atoms with Gasteiger partial charge < -0.3 is 9.52 Å². The highest BCUT2D eigenvalue weighted by molar-refractivity contribution is 6.42. The van der Waals surface area contributed by atoms with Crippen molar-refractivity contribution in [3.8, 4) is 0 Å². The van der Waals surface area contributed by atoms with Gasteiger partial charge in [-0.15, -0.1) is 0 Å². The normalized spacial score (nSPS) is 14.3. The number of aliphatic hydroxyl groups is 1. The van der Waals surface area contributed by atoms with Crippen LogP contribution in [-0.4, -0.2) is 11.7 Å². The van der Waals surface area contributed by atoms with Gasteiger partial charge in [-0.05, 0) is 36.8 Å². The molecular weight excluding hydrogens is 285 g/mol. The largest absolute Gasteiger partial charge is 0.468 e.